The molecule has 5 aromatic rings. The number of anilines is 1. The fraction of sp³-hybridized carbons (Fsp3) is 0.314. The molecule has 15 heteroatoms. The smallest absolute Gasteiger partial charge is 0.416 e. The molecule has 0 atom stereocenters. The number of fused-ring (bicyclic) bond motifs is 1. The average molecular weight is 721 g/mol. The largest absolute Gasteiger partial charge is 0.443 e. The Balaban J connectivity index is 1.62. The summed E-state index contributed by atoms with van der Waals surface area (Å²) >= 11 is 0. The zero-order valence-corrected chi connectivity index (χ0v) is 29.8. The van der Waals surface area contributed by atoms with Crippen LogP contribution >= 0.6 is 0 Å². The van der Waals surface area contributed by atoms with Crippen LogP contribution in [0.4, 0.5) is 15.0 Å². The van der Waals surface area contributed by atoms with Gasteiger partial charge >= 0.3 is 6.09 Å². The van der Waals surface area contributed by atoms with E-state index >= 15 is 4.39 Å². The first-order chi connectivity index (χ1) is 23.5. The second-order valence-corrected chi connectivity index (χ2v) is 17.1. The Labute approximate surface area is 290 Å². The Bertz CT molecular complexity index is 2310. The summed E-state index contributed by atoms with van der Waals surface area (Å²) in [5, 5.41) is 2.70. The number of sulfone groups is 2. The lowest BCUT2D eigenvalue weighted by molar-refractivity contribution is 0.0557. The molecule has 1 fully saturated rings. The Morgan fingerprint density at radius 3 is 2.22 bits per heavy atom. The van der Waals surface area contributed by atoms with Crippen LogP contribution in [0.2, 0.25) is 0 Å². The van der Waals surface area contributed by atoms with E-state index in [0.29, 0.717) is 25.9 Å². The number of benzene rings is 2. The van der Waals surface area contributed by atoms with Crippen molar-refractivity contribution in [3.05, 3.63) is 78.2 Å². The van der Waals surface area contributed by atoms with Gasteiger partial charge in [-0.05, 0) is 84.0 Å². The van der Waals surface area contributed by atoms with Gasteiger partial charge in [0.05, 0.1) is 32.2 Å². The molecular weight excluding hydrogens is 684 g/mol. The number of hydrogen-bond donors (Lipinski definition) is 2. The van der Waals surface area contributed by atoms with Gasteiger partial charge in [-0.2, -0.15) is 0 Å². The van der Waals surface area contributed by atoms with Crippen molar-refractivity contribution in [2.45, 2.75) is 67.1 Å². The summed E-state index contributed by atoms with van der Waals surface area (Å²) in [6.07, 6.45) is 2.80. The number of halogens is 1. The molecule has 1 aliphatic heterocycles. The fourth-order valence-electron chi connectivity index (χ4n) is 5.77. The van der Waals surface area contributed by atoms with Gasteiger partial charge in [-0.3, -0.25) is 4.90 Å². The van der Waals surface area contributed by atoms with Crippen LogP contribution in [0.5, 0.6) is 0 Å². The molecule has 0 saturated carbocycles. The standard InChI is InChI=1S/C35H37FN6O6S2/c1-21-10-12-23(13-11-21)50(46,47)29-18-27(24-8-6-7-9-26(24)36)39-31-25(20-38-32(29)31)28-19-30(41-33(40-28)49(5,44)45)42(22-14-16-37-17-15-22)34(43)48-35(2,3)4/h6-13,18-20,22,37-38H,14-17H2,1-5H3. The summed E-state index contributed by atoms with van der Waals surface area (Å²) in [7, 11) is -8.22. The molecule has 6 rings (SSSR count). The minimum Gasteiger partial charge on any atom is -0.443 e. The quantitative estimate of drug-likeness (QED) is 0.195. The van der Waals surface area contributed by atoms with Crippen molar-refractivity contribution in [1.82, 2.24) is 25.3 Å². The molecule has 2 aromatic carbocycles. The highest BCUT2D eigenvalue weighted by Crippen LogP contribution is 2.37. The highest BCUT2D eigenvalue weighted by atomic mass is 32.2. The van der Waals surface area contributed by atoms with Crippen LogP contribution in [-0.2, 0) is 24.4 Å². The normalized spacial score (nSPS) is 14.5. The van der Waals surface area contributed by atoms with Crippen molar-refractivity contribution in [3.63, 3.8) is 0 Å². The molecule has 0 unspecified atom stereocenters. The van der Waals surface area contributed by atoms with E-state index in [-0.39, 0.29) is 55.2 Å². The van der Waals surface area contributed by atoms with Crippen LogP contribution < -0.4 is 10.2 Å². The van der Waals surface area contributed by atoms with Gasteiger partial charge in [0.15, 0.2) is 0 Å². The zero-order valence-electron chi connectivity index (χ0n) is 28.2. The molecule has 0 bridgehead atoms. The number of hydrogen-bond acceptors (Lipinski definition) is 10. The Kier molecular flexibility index (Phi) is 9.26. The first-order valence-electron chi connectivity index (χ1n) is 15.9. The van der Waals surface area contributed by atoms with Crippen LogP contribution in [0.25, 0.3) is 33.5 Å². The molecule has 1 saturated heterocycles. The molecule has 12 nitrogen and oxygen atoms in total. The lowest BCUT2D eigenvalue weighted by atomic mass is 10.0. The maximum absolute atomic E-state index is 15.2. The van der Waals surface area contributed by atoms with Gasteiger partial charge in [-0.1, -0.05) is 29.8 Å². The molecule has 0 radical (unpaired) electrons. The van der Waals surface area contributed by atoms with Crippen molar-refractivity contribution in [2.75, 3.05) is 24.2 Å². The predicted octanol–water partition coefficient (Wildman–Crippen LogP) is 5.86. The molecular formula is C35H37FN6O6S2. The summed E-state index contributed by atoms with van der Waals surface area (Å²) in [5.41, 5.74) is 0.539. The van der Waals surface area contributed by atoms with Crippen molar-refractivity contribution in [3.8, 4) is 22.5 Å². The number of aromatic amines is 1. The number of piperidine rings is 1. The van der Waals surface area contributed by atoms with E-state index in [1.807, 2.05) is 6.92 Å². The van der Waals surface area contributed by atoms with Crippen LogP contribution in [0.15, 0.2) is 81.8 Å². The van der Waals surface area contributed by atoms with Gasteiger partial charge in [-0.25, -0.2) is 41.0 Å². The summed E-state index contributed by atoms with van der Waals surface area (Å²) in [6.45, 7) is 8.25. The van der Waals surface area contributed by atoms with E-state index in [0.717, 1.165) is 11.8 Å². The molecule has 262 valence electrons. The number of amides is 1. The number of nitrogens with zero attached hydrogens (tertiary/aromatic N) is 4. The van der Waals surface area contributed by atoms with E-state index in [1.54, 1.807) is 39.0 Å². The molecule has 0 aliphatic carbocycles. The lowest BCUT2D eigenvalue weighted by Crippen LogP contribution is -2.48. The second kappa shape index (κ2) is 13.2. The number of carbonyl (C=O) groups excluding carboxylic acids is 1. The monoisotopic (exact) mass is 720 g/mol. The van der Waals surface area contributed by atoms with Gasteiger partial charge in [-0.15, -0.1) is 0 Å². The molecule has 0 spiro atoms. The Hall–Kier alpha value is -4.73. The number of ether oxygens (including phenoxy) is 1. The van der Waals surface area contributed by atoms with Gasteiger partial charge < -0.3 is 15.0 Å². The number of nitrogens with one attached hydrogen (secondary N) is 2. The molecule has 1 aliphatic rings. The molecule has 2 N–H and O–H groups in total. The third-order valence-corrected chi connectivity index (χ3v) is 10.8. The summed E-state index contributed by atoms with van der Waals surface area (Å²) in [5.74, 6) is -0.627. The maximum atomic E-state index is 15.2. The third-order valence-electron chi connectivity index (χ3n) is 8.18. The number of H-pyrrole nitrogens is 1. The minimum atomic E-state index is -4.19. The zero-order chi connectivity index (χ0) is 36.0. The molecule has 3 aromatic heterocycles. The van der Waals surface area contributed by atoms with Crippen LogP contribution in [0, 0.1) is 12.7 Å². The first-order valence-corrected chi connectivity index (χ1v) is 19.3. The second-order valence-electron chi connectivity index (χ2n) is 13.2. The van der Waals surface area contributed by atoms with E-state index < -0.39 is 42.3 Å². The third kappa shape index (κ3) is 7.11. The highest BCUT2D eigenvalue weighted by molar-refractivity contribution is 7.91. The molecule has 50 heavy (non-hydrogen) atoms. The minimum absolute atomic E-state index is 0.0105. The average Bonchev–Trinajstić information content (AvgIpc) is 3.48. The van der Waals surface area contributed by atoms with E-state index in [1.165, 1.54) is 53.6 Å². The topological polar surface area (TPSA) is 164 Å². The van der Waals surface area contributed by atoms with Crippen LogP contribution in [0.1, 0.15) is 39.2 Å². The van der Waals surface area contributed by atoms with Crippen molar-refractivity contribution >= 4 is 42.6 Å². The number of carbonyl (C=O) groups is 1. The van der Waals surface area contributed by atoms with Gasteiger partial charge in [0.2, 0.25) is 24.8 Å². The molecule has 4 heterocycles. The van der Waals surface area contributed by atoms with Gasteiger partial charge in [0.1, 0.15) is 17.2 Å². The van der Waals surface area contributed by atoms with Gasteiger partial charge in [0, 0.05) is 35.7 Å². The van der Waals surface area contributed by atoms with Crippen LogP contribution in [0.3, 0.4) is 0 Å². The summed E-state index contributed by atoms with van der Waals surface area (Å²) < 4.78 is 75.2. The van der Waals surface area contributed by atoms with Gasteiger partial charge in [0.25, 0.3) is 0 Å². The van der Waals surface area contributed by atoms with E-state index in [2.05, 4.69) is 20.3 Å². The van der Waals surface area contributed by atoms with Crippen molar-refractivity contribution < 1.29 is 30.8 Å². The maximum Gasteiger partial charge on any atom is 0.416 e. The fourth-order valence-corrected chi connectivity index (χ4v) is 7.74. The first kappa shape index (κ1) is 35.1. The number of pyridine rings is 1. The number of aromatic nitrogens is 4. The van der Waals surface area contributed by atoms with Crippen molar-refractivity contribution in [1.29, 1.82) is 0 Å². The van der Waals surface area contributed by atoms with E-state index in [4.69, 9.17) is 9.72 Å². The van der Waals surface area contributed by atoms with E-state index in [9.17, 15) is 21.6 Å². The Morgan fingerprint density at radius 1 is 0.920 bits per heavy atom. The Morgan fingerprint density at radius 2 is 1.58 bits per heavy atom. The summed E-state index contributed by atoms with van der Waals surface area (Å²) in [6, 6.07) is 14.6. The SMILES string of the molecule is Cc1ccc(S(=O)(=O)c2cc(-c3ccccc3F)nc3c(-c4cc(N(C(=O)OC(C)(C)C)C5CCNCC5)nc(S(C)(=O)=O)n4)c[nH]c23)cc1. The van der Waals surface area contributed by atoms with Crippen LogP contribution in [-0.4, -0.2) is 73.9 Å². The lowest BCUT2D eigenvalue weighted by Gasteiger charge is -2.35. The van der Waals surface area contributed by atoms with Crippen molar-refractivity contribution in [2.24, 2.45) is 0 Å². The molecule has 1 amide bonds. The summed E-state index contributed by atoms with van der Waals surface area (Å²) in [4.78, 5) is 31.3. The number of rotatable bonds is 7. The highest BCUT2D eigenvalue weighted by Gasteiger charge is 2.34. The predicted molar refractivity (Wildman–Crippen MR) is 187 cm³/mol. The number of aryl methyl sites for hydroxylation is 1.